The van der Waals surface area contributed by atoms with E-state index in [1.165, 1.54) is 6.07 Å². The summed E-state index contributed by atoms with van der Waals surface area (Å²) in [4.78, 5) is 10.6. The van der Waals surface area contributed by atoms with Gasteiger partial charge in [-0.3, -0.25) is 4.79 Å². The van der Waals surface area contributed by atoms with Crippen LogP contribution in [0.3, 0.4) is 0 Å². The van der Waals surface area contributed by atoms with Crippen molar-refractivity contribution in [1.82, 2.24) is 0 Å². The van der Waals surface area contributed by atoms with Gasteiger partial charge in [0, 0.05) is 0 Å². The molecule has 0 unspecified atom stereocenters. The number of hydrogen-bond donors (Lipinski definition) is 1. The Morgan fingerprint density at radius 3 is 3.07 bits per heavy atom. The van der Waals surface area contributed by atoms with Gasteiger partial charge in [-0.15, -0.1) is 0 Å². The third-order valence-electron chi connectivity index (χ3n) is 2.76. The van der Waals surface area contributed by atoms with E-state index >= 15 is 0 Å². The Labute approximate surface area is 81.4 Å². The summed E-state index contributed by atoms with van der Waals surface area (Å²) in [5, 5.41) is 8.68. The molecule has 3 heteroatoms. The molecule has 1 aromatic carbocycles. The summed E-state index contributed by atoms with van der Waals surface area (Å²) < 4.78 is 13.3. The smallest absolute Gasteiger partial charge is 0.303 e. The maximum absolute atomic E-state index is 13.3. The van der Waals surface area contributed by atoms with Crippen LogP contribution in [0.1, 0.15) is 29.9 Å². The van der Waals surface area contributed by atoms with Crippen molar-refractivity contribution in [2.24, 2.45) is 0 Å². The zero-order valence-electron chi connectivity index (χ0n) is 7.66. The molecule has 14 heavy (non-hydrogen) atoms. The summed E-state index contributed by atoms with van der Waals surface area (Å²) in [5.41, 5.74) is 1.59. The maximum atomic E-state index is 13.3. The fraction of sp³-hybridized carbons (Fsp3) is 0.364. The molecule has 1 aliphatic carbocycles. The normalized spacial score (nSPS) is 19.4. The van der Waals surface area contributed by atoms with Crippen LogP contribution < -0.4 is 0 Å². The molecule has 1 N–H and O–H groups in total. The van der Waals surface area contributed by atoms with E-state index in [2.05, 4.69) is 0 Å². The van der Waals surface area contributed by atoms with Gasteiger partial charge in [-0.1, -0.05) is 12.1 Å². The molecule has 0 spiro atoms. The molecule has 2 nitrogen and oxygen atoms in total. The molecule has 0 saturated carbocycles. The van der Waals surface area contributed by atoms with E-state index in [-0.39, 0.29) is 18.2 Å². The standard InChI is InChI=1S/C11H11FO2/c12-10-3-1-2-8-7(6-11(13)14)4-5-9(8)10/h1-3,7H,4-6H2,(H,13,14)/t7-/m0/s1. The molecule has 0 amide bonds. The maximum Gasteiger partial charge on any atom is 0.303 e. The summed E-state index contributed by atoms with van der Waals surface area (Å²) in [6.07, 6.45) is 1.53. The van der Waals surface area contributed by atoms with Crippen LogP contribution in [0, 0.1) is 5.82 Å². The first-order chi connectivity index (χ1) is 6.68. The van der Waals surface area contributed by atoms with Crippen LogP contribution in [-0.2, 0) is 11.2 Å². The first-order valence-electron chi connectivity index (χ1n) is 4.67. The van der Waals surface area contributed by atoms with Gasteiger partial charge in [0.1, 0.15) is 5.82 Å². The molecular formula is C11H11FO2. The van der Waals surface area contributed by atoms with Crippen molar-refractivity contribution in [3.63, 3.8) is 0 Å². The second kappa shape index (κ2) is 3.40. The minimum Gasteiger partial charge on any atom is -0.481 e. The number of rotatable bonds is 2. The monoisotopic (exact) mass is 194 g/mol. The molecule has 2 rings (SSSR count). The molecule has 1 atom stereocenters. The molecule has 0 heterocycles. The average Bonchev–Trinajstić information content (AvgIpc) is 2.49. The van der Waals surface area contributed by atoms with E-state index in [0.29, 0.717) is 12.0 Å². The molecule has 74 valence electrons. The minimum absolute atomic E-state index is 0.00167. The summed E-state index contributed by atoms with van der Waals surface area (Å²) in [5.74, 6) is -1.01. The van der Waals surface area contributed by atoms with Crippen molar-refractivity contribution in [2.45, 2.75) is 25.2 Å². The van der Waals surface area contributed by atoms with Gasteiger partial charge in [0.05, 0.1) is 6.42 Å². The molecular weight excluding hydrogens is 183 g/mol. The van der Waals surface area contributed by atoms with E-state index in [0.717, 1.165) is 12.0 Å². The number of halogens is 1. The predicted octanol–water partition coefficient (Wildman–Crippen LogP) is 2.33. The highest BCUT2D eigenvalue weighted by molar-refractivity contribution is 5.68. The van der Waals surface area contributed by atoms with E-state index in [1.54, 1.807) is 6.07 Å². The second-order valence-electron chi connectivity index (χ2n) is 3.64. The molecule has 0 bridgehead atoms. The Morgan fingerprint density at radius 2 is 2.36 bits per heavy atom. The Bertz CT molecular complexity index is 374. The summed E-state index contributed by atoms with van der Waals surface area (Å²) in [6.45, 7) is 0. The fourth-order valence-corrected chi connectivity index (χ4v) is 2.12. The minimum atomic E-state index is -0.813. The van der Waals surface area contributed by atoms with Crippen molar-refractivity contribution < 1.29 is 14.3 Å². The van der Waals surface area contributed by atoms with Gasteiger partial charge in [-0.25, -0.2) is 4.39 Å². The predicted molar refractivity (Wildman–Crippen MR) is 49.7 cm³/mol. The van der Waals surface area contributed by atoms with Crippen molar-refractivity contribution in [2.75, 3.05) is 0 Å². The lowest BCUT2D eigenvalue weighted by Crippen LogP contribution is -2.03. The van der Waals surface area contributed by atoms with E-state index in [1.807, 2.05) is 6.07 Å². The highest BCUT2D eigenvalue weighted by atomic mass is 19.1. The van der Waals surface area contributed by atoms with Crippen LogP contribution in [0.25, 0.3) is 0 Å². The van der Waals surface area contributed by atoms with Crippen LogP contribution in [0.15, 0.2) is 18.2 Å². The average molecular weight is 194 g/mol. The first kappa shape index (κ1) is 9.19. The number of benzene rings is 1. The van der Waals surface area contributed by atoms with Crippen molar-refractivity contribution in [1.29, 1.82) is 0 Å². The quantitative estimate of drug-likeness (QED) is 0.784. The van der Waals surface area contributed by atoms with Gasteiger partial charge >= 0.3 is 5.97 Å². The second-order valence-corrected chi connectivity index (χ2v) is 3.64. The molecule has 0 fully saturated rings. The number of carboxylic acids is 1. The largest absolute Gasteiger partial charge is 0.481 e. The summed E-state index contributed by atoms with van der Waals surface area (Å²) in [7, 11) is 0. The lowest BCUT2D eigenvalue weighted by molar-refractivity contribution is -0.137. The fourth-order valence-electron chi connectivity index (χ4n) is 2.12. The van der Waals surface area contributed by atoms with Crippen LogP contribution in [0.5, 0.6) is 0 Å². The molecule has 0 saturated heterocycles. The first-order valence-corrected chi connectivity index (χ1v) is 4.67. The van der Waals surface area contributed by atoms with Crippen LogP contribution in [0.4, 0.5) is 4.39 Å². The number of carboxylic acid groups (broad SMARTS) is 1. The molecule has 0 radical (unpaired) electrons. The molecule has 0 aliphatic heterocycles. The topological polar surface area (TPSA) is 37.3 Å². The Morgan fingerprint density at radius 1 is 1.57 bits per heavy atom. The van der Waals surface area contributed by atoms with Crippen molar-refractivity contribution in [3.8, 4) is 0 Å². The Kier molecular flexibility index (Phi) is 2.23. The van der Waals surface area contributed by atoms with Gasteiger partial charge < -0.3 is 5.11 Å². The highest BCUT2D eigenvalue weighted by Gasteiger charge is 2.26. The van der Waals surface area contributed by atoms with Crippen LogP contribution in [0.2, 0.25) is 0 Å². The lowest BCUT2D eigenvalue weighted by atomic mass is 9.98. The lowest BCUT2D eigenvalue weighted by Gasteiger charge is -2.07. The zero-order valence-corrected chi connectivity index (χ0v) is 7.66. The van der Waals surface area contributed by atoms with Crippen molar-refractivity contribution >= 4 is 5.97 Å². The third-order valence-corrected chi connectivity index (χ3v) is 2.76. The number of hydrogen-bond acceptors (Lipinski definition) is 1. The summed E-state index contributed by atoms with van der Waals surface area (Å²) >= 11 is 0. The number of aliphatic carboxylic acids is 1. The van der Waals surface area contributed by atoms with Crippen molar-refractivity contribution in [3.05, 3.63) is 35.1 Å². The van der Waals surface area contributed by atoms with Crippen LogP contribution >= 0.6 is 0 Å². The number of fused-ring (bicyclic) bond motifs is 1. The van der Waals surface area contributed by atoms with E-state index < -0.39 is 5.97 Å². The van der Waals surface area contributed by atoms with E-state index in [9.17, 15) is 9.18 Å². The third kappa shape index (κ3) is 1.50. The van der Waals surface area contributed by atoms with Gasteiger partial charge in [-0.05, 0) is 36.0 Å². The van der Waals surface area contributed by atoms with Gasteiger partial charge in [-0.2, -0.15) is 0 Å². The summed E-state index contributed by atoms with van der Waals surface area (Å²) in [6, 6.07) is 4.91. The highest BCUT2D eigenvalue weighted by Crippen LogP contribution is 2.36. The van der Waals surface area contributed by atoms with Crippen LogP contribution in [-0.4, -0.2) is 11.1 Å². The molecule has 1 aromatic rings. The Balaban J connectivity index is 2.30. The molecule has 1 aliphatic rings. The molecule has 0 aromatic heterocycles. The van der Waals surface area contributed by atoms with Gasteiger partial charge in [0.15, 0.2) is 0 Å². The van der Waals surface area contributed by atoms with E-state index in [4.69, 9.17) is 5.11 Å². The Hall–Kier alpha value is -1.38. The van der Waals surface area contributed by atoms with Gasteiger partial charge in [0.25, 0.3) is 0 Å². The van der Waals surface area contributed by atoms with Gasteiger partial charge in [0.2, 0.25) is 0 Å². The SMILES string of the molecule is O=C(O)C[C@@H]1CCc2c(F)cccc21. The number of carbonyl (C=O) groups is 1. The zero-order chi connectivity index (χ0) is 10.1.